The molecule has 0 aromatic heterocycles. The zero-order valence-electron chi connectivity index (χ0n) is 13.4. The third-order valence-electron chi connectivity index (χ3n) is 3.39. The van der Waals surface area contributed by atoms with Crippen molar-refractivity contribution in [2.75, 3.05) is 6.54 Å². The van der Waals surface area contributed by atoms with Crippen molar-refractivity contribution >= 4 is 27.8 Å². The van der Waals surface area contributed by atoms with Crippen LogP contribution in [0.25, 0.3) is 0 Å². The molecular formula is C16H30BrNO3. The van der Waals surface area contributed by atoms with Crippen molar-refractivity contribution in [3.05, 3.63) is 0 Å². The highest BCUT2D eigenvalue weighted by molar-refractivity contribution is 9.10. The van der Waals surface area contributed by atoms with Gasteiger partial charge in [0.2, 0.25) is 5.91 Å². The summed E-state index contributed by atoms with van der Waals surface area (Å²) in [6, 6.07) is 0. The molecule has 0 atom stereocenters. The number of hydrogen-bond donors (Lipinski definition) is 2. The van der Waals surface area contributed by atoms with Gasteiger partial charge in [0.25, 0.3) is 0 Å². The first-order valence-corrected chi connectivity index (χ1v) is 8.82. The molecule has 21 heavy (non-hydrogen) atoms. The Morgan fingerprint density at radius 1 is 0.905 bits per heavy atom. The van der Waals surface area contributed by atoms with Gasteiger partial charge in [-0.05, 0) is 26.7 Å². The lowest BCUT2D eigenvalue weighted by molar-refractivity contribution is -0.137. The maximum absolute atomic E-state index is 11.6. The molecule has 0 aromatic rings. The largest absolute Gasteiger partial charge is 0.481 e. The average Bonchev–Trinajstić information content (AvgIpc) is 2.38. The average molecular weight is 364 g/mol. The van der Waals surface area contributed by atoms with E-state index in [9.17, 15) is 9.59 Å². The van der Waals surface area contributed by atoms with Crippen LogP contribution in [0.5, 0.6) is 0 Å². The standard InChI is InChI=1S/C16H30BrNO3/c1-16(2,17)15(21)18-13-11-9-7-5-3-4-6-8-10-12-14(19)20/h3-13H2,1-2H3,(H,18,21)(H,19,20). The molecule has 0 unspecified atom stereocenters. The van der Waals surface area contributed by atoms with Crippen molar-refractivity contribution in [3.8, 4) is 0 Å². The first-order chi connectivity index (χ1) is 9.84. The van der Waals surface area contributed by atoms with E-state index in [0.717, 1.165) is 38.6 Å². The number of carboxylic acid groups (broad SMARTS) is 1. The second-order valence-corrected chi connectivity index (χ2v) is 8.04. The summed E-state index contributed by atoms with van der Waals surface area (Å²) < 4.78 is -0.479. The minimum atomic E-state index is -0.689. The fourth-order valence-corrected chi connectivity index (χ4v) is 2.19. The summed E-state index contributed by atoms with van der Waals surface area (Å²) in [6.45, 7) is 4.45. The van der Waals surface area contributed by atoms with Gasteiger partial charge < -0.3 is 10.4 Å². The molecule has 0 aliphatic carbocycles. The summed E-state index contributed by atoms with van der Waals surface area (Å²) in [5.74, 6) is -0.644. The van der Waals surface area contributed by atoms with Gasteiger partial charge in [0, 0.05) is 13.0 Å². The minimum absolute atomic E-state index is 0.0452. The summed E-state index contributed by atoms with van der Waals surface area (Å²) in [5, 5.41) is 11.4. The second kappa shape index (κ2) is 12.0. The molecule has 4 nitrogen and oxygen atoms in total. The molecule has 0 heterocycles. The smallest absolute Gasteiger partial charge is 0.303 e. The van der Waals surface area contributed by atoms with Crippen molar-refractivity contribution in [2.24, 2.45) is 0 Å². The predicted octanol–water partition coefficient (Wildman–Crippen LogP) is 4.26. The Kier molecular flexibility index (Phi) is 11.7. The number of carbonyl (C=O) groups excluding carboxylic acids is 1. The number of nitrogens with one attached hydrogen (secondary N) is 1. The van der Waals surface area contributed by atoms with E-state index in [1.54, 1.807) is 0 Å². The number of hydrogen-bond acceptors (Lipinski definition) is 2. The Morgan fingerprint density at radius 3 is 1.76 bits per heavy atom. The monoisotopic (exact) mass is 363 g/mol. The molecule has 0 saturated heterocycles. The second-order valence-electron chi connectivity index (χ2n) is 6.05. The number of aliphatic carboxylic acids is 1. The van der Waals surface area contributed by atoms with Gasteiger partial charge in [-0.3, -0.25) is 9.59 Å². The molecule has 0 saturated carbocycles. The van der Waals surface area contributed by atoms with Crippen LogP contribution >= 0.6 is 15.9 Å². The van der Waals surface area contributed by atoms with Gasteiger partial charge in [-0.1, -0.05) is 60.9 Å². The Hall–Kier alpha value is -0.580. The SMILES string of the molecule is CC(C)(Br)C(=O)NCCCCCCCCCCCC(=O)O. The highest BCUT2D eigenvalue weighted by atomic mass is 79.9. The number of carbonyl (C=O) groups is 2. The van der Waals surface area contributed by atoms with Gasteiger partial charge in [0.15, 0.2) is 0 Å². The quantitative estimate of drug-likeness (QED) is 0.379. The number of alkyl halides is 1. The highest BCUT2D eigenvalue weighted by Gasteiger charge is 2.22. The van der Waals surface area contributed by atoms with Crippen molar-refractivity contribution in [1.29, 1.82) is 0 Å². The number of rotatable bonds is 13. The molecule has 0 spiro atoms. The summed E-state index contributed by atoms with van der Waals surface area (Å²) >= 11 is 3.34. The van der Waals surface area contributed by atoms with Gasteiger partial charge >= 0.3 is 5.97 Å². The molecule has 124 valence electrons. The molecule has 0 aliphatic rings. The van der Waals surface area contributed by atoms with Crippen molar-refractivity contribution in [1.82, 2.24) is 5.32 Å². The van der Waals surface area contributed by atoms with Crippen molar-refractivity contribution in [3.63, 3.8) is 0 Å². The van der Waals surface area contributed by atoms with Crippen molar-refractivity contribution < 1.29 is 14.7 Å². The highest BCUT2D eigenvalue weighted by Crippen LogP contribution is 2.15. The van der Waals surface area contributed by atoms with E-state index in [4.69, 9.17) is 5.11 Å². The van der Waals surface area contributed by atoms with E-state index in [-0.39, 0.29) is 5.91 Å². The lowest BCUT2D eigenvalue weighted by atomic mass is 10.1. The van der Waals surface area contributed by atoms with Crippen LogP contribution in [0, 0.1) is 0 Å². The predicted molar refractivity (Wildman–Crippen MR) is 89.8 cm³/mol. The van der Waals surface area contributed by atoms with Crippen LogP contribution in [0.15, 0.2) is 0 Å². The number of amides is 1. The van der Waals surface area contributed by atoms with Crippen LogP contribution < -0.4 is 5.32 Å². The molecular weight excluding hydrogens is 334 g/mol. The fraction of sp³-hybridized carbons (Fsp3) is 0.875. The lowest BCUT2D eigenvalue weighted by Gasteiger charge is -2.15. The van der Waals surface area contributed by atoms with E-state index in [1.807, 2.05) is 13.8 Å². The maximum atomic E-state index is 11.6. The van der Waals surface area contributed by atoms with E-state index in [1.165, 1.54) is 25.7 Å². The van der Waals surface area contributed by atoms with Crippen LogP contribution in [0.1, 0.15) is 78.1 Å². The Balaban J connectivity index is 3.20. The molecule has 5 heteroatoms. The molecule has 0 aromatic carbocycles. The van der Waals surface area contributed by atoms with Crippen LogP contribution in [0.4, 0.5) is 0 Å². The molecule has 0 fully saturated rings. The summed E-state index contributed by atoms with van der Waals surface area (Å²) in [5.41, 5.74) is 0. The zero-order valence-corrected chi connectivity index (χ0v) is 15.0. The van der Waals surface area contributed by atoms with Gasteiger partial charge in [-0.2, -0.15) is 0 Å². The van der Waals surface area contributed by atoms with Gasteiger partial charge in [0.05, 0.1) is 4.32 Å². The Bertz CT molecular complexity index is 300. The van der Waals surface area contributed by atoms with Crippen LogP contribution in [0.2, 0.25) is 0 Å². The Labute approximate surface area is 137 Å². The van der Waals surface area contributed by atoms with E-state index < -0.39 is 10.3 Å². The third-order valence-corrected chi connectivity index (χ3v) is 3.75. The molecule has 2 N–H and O–H groups in total. The summed E-state index contributed by atoms with van der Waals surface area (Å²) in [7, 11) is 0. The van der Waals surface area contributed by atoms with E-state index in [0.29, 0.717) is 6.42 Å². The van der Waals surface area contributed by atoms with E-state index in [2.05, 4.69) is 21.2 Å². The minimum Gasteiger partial charge on any atom is -0.481 e. The first kappa shape index (κ1) is 20.4. The van der Waals surface area contributed by atoms with Crippen molar-refractivity contribution in [2.45, 2.75) is 82.4 Å². The van der Waals surface area contributed by atoms with Crippen LogP contribution in [-0.4, -0.2) is 27.9 Å². The lowest BCUT2D eigenvalue weighted by Crippen LogP contribution is -2.37. The maximum Gasteiger partial charge on any atom is 0.303 e. The van der Waals surface area contributed by atoms with Gasteiger partial charge in [-0.15, -0.1) is 0 Å². The first-order valence-electron chi connectivity index (χ1n) is 8.03. The number of halogens is 1. The zero-order chi connectivity index (χ0) is 16.1. The molecule has 0 aliphatic heterocycles. The molecule has 0 radical (unpaired) electrons. The van der Waals surface area contributed by atoms with Gasteiger partial charge in [-0.25, -0.2) is 0 Å². The Morgan fingerprint density at radius 2 is 1.33 bits per heavy atom. The topological polar surface area (TPSA) is 66.4 Å². The fourth-order valence-electron chi connectivity index (χ4n) is 2.05. The number of carboxylic acids is 1. The number of unbranched alkanes of at least 4 members (excludes halogenated alkanes) is 8. The van der Waals surface area contributed by atoms with Crippen LogP contribution in [-0.2, 0) is 9.59 Å². The molecule has 0 bridgehead atoms. The molecule has 0 rings (SSSR count). The summed E-state index contributed by atoms with van der Waals surface area (Å²) in [4.78, 5) is 21.9. The normalized spacial score (nSPS) is 11.4. The summed E-state index contributed by atoms with van der Waals surface area (Å²) in [6.07, 6.45) is 10.3. The third kappa shape index (κ3) is 14.1. The van der Waals surface area contributed by atoms with Crippen LogP contribution in [0.3, 0.4) is 0 Å². The van der Waals surface area contributed by atoms with Gasteiger partial charge in [0.1, 0.15) is 0 Å². The van der Waals surface area contributed by atoms with E-state index >= 15 is 0 Å². The molecule has 1 amide bonds.